The second kappa shape index (κ2) is 23.5. The first-order valence-corrected chi connectivity index (χ1v) is 24.5. The number of hydrogen-bond acceptors (Lipinski definition) is 8. The molecule has 0 saturated heterocycles. The molecule has 74 heavy (non-hydrogen) atoms. The average molecular weight is 968 g/mol. The van der Waals surface area contributed by atoms with Crippen LogP contribution >= 0.6 is 0 Å². The van der Waals surface area contributed by atoms with Gasteiger partial charge in [0.25, 0.3) is 0 Å². The van der Waals surface area contributed by atoms with E-state index in [-0.39, 0.29) is 14.0 Å². The summed E-state index contributed by atoms with van der Waals surface area (Å²) in [6, 6.07) is 77.4. The van der Waals surface area contributed by atoms with Gasteiger partial charge < -0.3 is 19.8 Å². The zero-order valence-corrected chi connectivity index (χ0v) is 40.7. The summed E-state index contributed by atoms with van der Waals surface area (Å²) in [7, 11) is 0. The van der Waals surface area contributed by atoms with Gasteiger partial charge in [-0.15, -0.1) is 10.2 Å². The number of tetrazole rings is 1. The van der Waals surface area contributed by atoms with Crippen LogP contribution in [0.5, 0.6) is 0 Å². The maximum atomic E-state index is 8.96. The SMILES string of the molecule is C.CCn1c(-c2ccccc2-c2cccc(NCC#N)c2)nc(-c2ccccc2)c1-c1ccccc1.CCn1c(-c2ccccc2-c2cccc(NCc3nn[nH]n3)c2)nc(-c2ccccc2)c1-c1ccccc1. The van der Waals surface area contributed by atoms with E-state index in [1.165, 1.54) is 0 Å². The van der Waals surface area contributed by atoms with Crippen molar-refractivity contribution in [2.24, 2.45) is 0 Å². The van der Waals surface area contributed by atoms with Crippen LogP contribution in [0.15, 0.2) is 218 Å². The molecule has 0 spiro atoms. The van der Waals surface area contributed by atoms with Crippen molar-refractivity contribution < 1.29 is 0 Å². The van der Waals surface area contributed by atoms with Crippen molar-refractivity contribution in [3.8, 4) is 96.1 Å². The molecule has 0 unspecified atom stereocenters. The Kier molecular flexibility index (Phi) is 15.7. The largest absolute Gasteiger partial charge is 0.378 e. The van der Waals surface area contributed by atoms with Gasteiger partial charge in [0, 0.05) is 57.8 Å². The number of aromatic amines is 1. The Balaban J connectivity index is 0.000000180. The number of imidazole rings is 2. The van der Waals surface area contributed by atoms with Gasteiger partial charge in [0.2, 0.25) is 0 Å². The third-order valence-electron chi connectivity index (χ3n) is 12.7. The molecule has 3 N–H and O–H groups in total. The van der Waals surface area contributed by atoms with Crippen LogP contribution in [0.1, 0.15) is 27.1 Å². The van der Waals surface area contributed by atoms with Gasteiger partial charge in [-0.05, 0) is 60.4 Å². The molecule has 0 amide bonds. The van der Waals surface area contributed by atoms with Crippen molar-refractivity contribution in [1.82, 2.24) is 39.7 Å². The van der Waals surface area contributed by atoms with Gasteiger partial charge >= 0.3 is 0 Å². The van der Waals surface area contributed by atoms with Crippen LogP contribution < -0.4 is 10.6 Å². The highest BCUT2D eigenvalue weighted by molar-refractivity contribution is 5.89. The van der Waals surface area contributed by atoms with Gasteiger partial charge in [-0.1, -0.05) is 207 Å². The van der Waals surface area contributed by atoms with Crippen LogP contribution in [0.3, 0.4) is 0 Å². The molecule has 3 heterocycles. The van der Waals surface area contributed by atoms with Gasteiger partial charge in [-0.25, -0.2) is 9.97 Å². The Morgan fingerprint density at radius 1 is 0.459 bits per heavy atom. The third kappa shape index (κ3) is 10.7. The minimum absolute atomic E-state index is 0. The summed E-state index contributed by atoms with van der Waals surface area (Å²) in [5.41, 5.74) is 17.2. The Hall–Kier alpha value is -9.66. The van der Waals surface area contributed by atoms with Gasteiger partial charge in [-0.2, -0.15) is 10.5 Å². The predicted octanol–water partition coefficient (Wildman–Crippen LogP) is 14.8. The first kappa shape index (κ1) is 49.3. The second-order valence-electron chi connectivity index (χ2n) is 17.2. The van der Waals surface area contributed by atoms with Crippen molar-refractivity contribution in [2.75, 3.05) is 17.2 Å². The van der Waals surface area contributed by atoms with Crippen molar-refractivity contribution in [1.29, 1.82) is 5.26 Å². The standard InChI is InChI=1S/C31H27N7.C31H26N4.CH4/c1-2-38-30(23-14-7-4-8-15-23)29(22-12-5-3-6-13-22)33-31(38)27-19-10-9-18-26(27)24-16-11-17-25(20-24)32-21-28-34-36-37-35-28;1-2-35-30(24-14-7-4-8-15-24)29(23-12-5-3-6-13-23)34-31(35)28-19-10-9-18-27(28)25-16-11-17-26(22-25)33-21-20-32;/h3-20,32H,2,21H2,1H3,(H,34,35,36,37);3-19,22,33H,2,21H2,1H3;1H4. The molecule has 0 radical (unpaired) electrons. The number of H-pyrrole nitrogens is 1. The average Bonchev–Trinajstić information content (AvgIpc) is 4.24. The Morgan fingerprint density at radius 2 is 0.851 bits per heavy atom. The van der Waals surface area contributed by atoms with Crippen LogP contribution in [0.4, 0.5) is 11.4 Å². The molecular formula is C63H57N11. The predicted molar refractivity (Wildman–Crippen MR) is 302 cm³/mol. The van der Waals surface area contributed by atoms with Crippen molar-refractivity contribution in [3.63, 3.8) is 0 Å². The summed E-state index contributed by atoms with van der Waals surface area (Å²) in [6.07, 6.45) is 0. The normalized spacial score (nSPS) is 10.7. The summed E-state index contributed by atoms with van der Waals surface area (Å²) in [5, 5.41) is 29.7. The van der Waals surface area contributed by atoms with Crippen molar-refractivity contribution in [3.05, 3.63) is 224 Å². The Bertz CT molecular complexity index is 3600. The first-order chi connectivity index (χ1) is 36.1. The first-order valence-electron chi connectivity index (χ1n) is 24.5. The summed E-state index contributed by atoms with van der Waals surface area (Å²) in [4.78, 5) is 10.6. The van der Waals surface area contributed by atoms with E-state index in [0.29, 0.717) is 12.4 Å². The smallest absolute Gasteiger partial charge is 0.193 e. The van der Waals surface area contributed by atoms with E-state index in [2.05, 4.69) is 236 Å². The van der Waals surface area contributed by atoms with E-state index in [0.717, 1.165) is 115 Å². The van der Waals surface area contributed by atoms with Gasteiger partial charge in [0.05, 0.1) is 35.4 Å². The van der Waals surface area contributed by atoms with E-state index in [9.17, 15) is 0 Å². The van der Waals surface area contributed by atoms with E-state index in [1.807, 2.05) is 42.5 Å². The molecule has 11 heteroatoms. The lowest BCUT2D eigenvalue weighted by atomic mass is 9.98. The molecule has 0 atom stereocenters. The van der Waals surface area contributed by atoms with Crippen LogP contribution in [0.2, 0.25) is 0 Å². The monoisotopic (exact) mass is 967 g/mol. The topological polar surface area (TPSA) is 138 Å². The molecule has 0 aliphatic rings. The van der Waals surface area contributed by atoms with E-state index in [4.69, 9.17) is 15.2 Å². The molecule has 11 rings (SSSR count). The highest BCUT2D eigenvalue weighted by atomic mass is 15.5. The molecular weight excluding hydrogens is 911 g/mol. The molecule has 0 bridgehead atoms. The van der Waals surface area contributed by atoms with E-state index < -0.39 is 0 Å². The molecule has 11 nitrogen and oxygen atoms in total. The number of anilines is 2. The Labute approximate surface area is 432 Å². The molecule has 0 fully saturated rings. The fourth-order valence-corrected chi connectivity index (χ4v) is 9.34. The summed E-state index contributed by atoms with van der Waals surface area (Å²) in [5.74, 6) is 2.50. The van der Waals surface area contributed by atoms with Crippen molar-refractivity contribution >= 4 is 11.4 Å². The lowest BCUT2D eigenvalue weighted by Crippen LogP contribution is -2.02. The molecule has 364 valence electrons. The molecule has 0 aliphatic heterocycles. The maximum Gasteiger partial charge on any atom is 0.193 e. The van der Waals surface area contributed by atoms with E-state index >= 15 is 0 Å². The summed E-state index contributed by atoms with van der Waals surface area (Å²) < 4.78 is 4.64. The number of aromatic nitrogens is 8. The minimum Gasteiger partial charge on any atom is -0.378 e. The molecule has 0 saturated carbocycles. The highest BCUT2D eigenvalue weighted by Crippen LogP contribution is 2.42. The molecule has 0 aliphatic carbocycles. The Morgan fingerprint density at radius 3 is 1.26 bits per heavy atom. The molecule has 11 aromatic rings. The quantitative estimate of drug-likeness (QED) is 0.0864. The van der Waals surface area contributed by atoms with Gasteiger partial charge in [0.1, 0.15) is 18.2 Å². The van der Waals surface area contributed by atoms with Crippen molar-refractivity contribution in [2.45, 2.75) is 40.9 Å². The molecule has 3 aromatic heterocycles. The zero-order valence-electron chi connectivity index (χ0n) is 40.7. The van der Waals surface area contributed by atoms with Gasteiger partial charge in [0.15, 0.2) is 5.82 Å². The second-order valence-corrected chi connectivity index (χ2v) is 17.2. The summed E-state index contributed by atoms with van der Waals surface area (Å²) in [6.45, 7) is 6.69. The number of nitrogens with one attached hydrogen (secondary N) is 3. The van der Waals surface area contributed by atoms with Gasteiger partial charge in [-0.3, -0.25) is 0 Å². The third-order valence-corrected chi connectivity index (χ3v) is 12.7. The molecule has 8 aromatic carbocycles. The van der Waals surface area contributed by atoms with Crippen LogP contribution in [-0.4, -0.2) is 46.3 Å². The summed E-state index contributed by atoms with van der Waals surface area (Å²) >= 11 is 0. The van der Waals surface area contributed by atoms with E-state index in [1.54, 1.807) is 0 Å². The van der Waals surface area contributed by atoms with Crippen LogP contribution in [0.25, 0.3) is 90.1 Å². The minimum atomic E-state index is 0. The number of rotatable bonds is 15. The fourth-order valence-electron chi connectivity index (χ4n) is 9.34. The van der Waals surface area contributed by atoms with Crippen LogP contribution in [-0.2, 0) is 19.6 Å². The number of hydrogen-bond donors (Lipinski definition) is 3. The lowest BCUT2D eigenvalue weighted by Gasteiger charge is -2.14. The number of nitriles is 1. The van der Waals surface area contributed by atoms with Crippen LogP contribution in [0, 0.1) is 11.3 Å². The maximum absolute atomic E-state index is 8.96. The number of benzene rings is 8. The zero-order chi connectivity index (χ0) is 49.8. The highest BCUT2D eigenvalue weighted by Gasteiger charge is 2.24. The number of nitrogens with zero attached hydrogens (tertiary/aromatic N) is 8. The fraction of sp³-hybridized carbons (Fsp3) is 0.111. The lowest BCUT2D eigenvalue weighted by molar-refractivity contribution is 0.778.